The van der Waals surface area contributed by atoms with Gasteiger partial charge in [0, 0.05) is 23.9 Å². The molecule has 38 heavy (non-hydrogen) atoms. The molecule has 1 aliphatic heterocycles. The van der Waals surface area contributed by atoms with Gasteiger partial charge in [-0.25, -0.2) is 0 Å². The van der Waals surface area contributed by atoms with Crippen LogP contribution in [-0.2, 0) is 14.4 Å². The molecule has 4 rings (SSSR count). The number of amides is 3. The van der Waals surface area contributed by atoms with Crippen LogP contribution in [0.15, 0.2) is 30.5 Å². The van der Waals surface area contributed by atoms with E-state index in [-0.39, 0.29) is 36.0 Å². The van der Waals surface area contributed by atoms with E-state index in [9.17, 15) is 32.8 Å². The van der Waals surface area contributed by atoms with Crippen LogP contribution < -0.4 is 10.6 Å². The topological polar surface area (TPSA) is 131 Å². The number of fused-ring (bicyclic) bond motifs is 2. The number of hydrogen-bond acceptors (Lipinski definition) is 7. The van der Waals surface area contributed by atoms with Gasteiger partial charge >= 0.3 is 12.1 Å². The van der Waals surface area contributed by atoms with Crippen LogP contribution >= 0.6 is 0 Å². The van der Waals surface area contributed by atoms with Crippen molar-refractivity contribution in [2.45, 2.75) is 38.1 Å². The maximum absolute atomic E-state index is 13.6. The largest absolute Gasteiger partial charge is 0.471 e. The highest BCUT2D eigenvalue weighted by Gasteiger charge is 2.69. The number of carbonyl (C=O) groups excluding carboxylic acids is 3. The minimum atomic E-state index is -5.17. The number of piperidine rings is 1. The lowest BCUT2D eigenvalue weighted by Gasteiger charge is -2.34. The van der Waals surface area contributed by atoms with Crippen LogP contribution in [0, 0.1) is 28.6 Å². The number of nitrogens with one attached hydrogen (secondary N) is 2. The van der Waals surface area contributed by atoms with E-state index in [1.807, 2.05) is 19.9 Å². The van der Waals surface area contributed by atoms with Crippen LogP contribution in [0.1, 0.15) is 25.6 Å². The molecule has 1 aromatic carbocycles. The highest BCUT2D eigenvalue weighted by Crippen LogP contribution is 2.65. The van der Waals surface area contributed by atoms with E-state index in [2.05, 4.69) is 15.5 Å². The second kappa shape index (κ2) is 9.83. The Morgan fingerprint density at radius 2 is 1.92 bits per heavy atom. The number of nitrogens with zero attached hydrogens (tertiary/aromatic N) is 5. The molecule has 2 aliphatic rings. The van der Waals surface area contributed by atoms with Crippen LogP contribution in [0.3, 0.4) is 0 Å². The molecule has 3 amide bonds. The van der Waals surface area contributed by atoms with Crippen molar-refractivity contribution in [1.29, 1.82) is 5.26 Å². The monoisotopic (exact) mass is 531 g/mol. The van der Waals surface area contributed by atoms with Gasteiger partial charge in [0.1, 0.15) is 17.8 Å². The Labute approximate surface area is 217 Å². The first-order valence-corrected chi connectivity index (χ1v) is 12.0. The molecule has 1 aromatic heterocycles. The summed E-state index contributed by atoms with van der Waals surface area (Å²) in [6.45, 7) is 3.85. The fraction of sp³-hybridized carbons (Fsp3) is 0.520. The molecule has 1 unspecified atom stereocenters. The molecule has 5 atom stereocenters. The molecule has 202 valence electrons. The van der Waals surface area contributed by atoms with Crippen molar-refractivity contribution >= 4 is 28.5 Å². The Balaban J connectivity index is 1.61. The third kappa shape index (κ3) is 5.00. The van der Waals surface area contributed by atoms with Crippen LogP contribution in [-0.4, -0.2) is 83.2 Å². The van der Waals surface area contributed by atoms with Crippen molar-refractivity contribution in [2.75, 3.05) is 27.2 Å². The summed E-state index contributed by atoms with van der Waals surface area (Å²) in [6, 6.07) is 5.39. The minimum Gasteiger partial charge on any atom is -0.335 e. The predicted molar refractivity (Wildman–Crippen MR) is 129 cm³/mol. The lowest BCUT2D eigenvalue weighted by atomic mass is 9.99. The summed E-state index contributed by atoms with van der Waals surface area (Å²) in [5, 5.41) is 23.6. The van der Waals surface area contributed by atoms with Gasteiger partial charge in [-0.2, -0.15) is 28.6 Å². The molecule has 13 heteroatoms. The Hall–Kier alpha value is -3.79. The first kappa shape index (κ1) is 27.3. The number of nitriles is 1. The quantitative estimate of drug-likeness (QED) is 0.552. The first-order valence-electron chi connectivity index (χ1n) is 12.0. The number of alkyl halides is 3. The third-order valence-corrected chi connectivity index (χ3v) is 7.46. The van der Waals surface area contributed by atoms with Crippen molar-refractivity contribution in [1.82, 2.24) is 30.6 Å². The van der Waals surface area contributed by atoms with Crippen LogP contribution in [0.25, 0.3) is 10.8 Å². The number of likely N-dealkylation sites (tertiary alicyclic amines) is 1. The van der Waals surface area contributed by atoms with Gasteiger partial charge in [0.2, 0.25) is 11.8 Å². The molecule has 1 aliphatic carbocycles. The summed E-state index contributed by atoms with van der Waals surface area (Å²) in [4.78, 5) is 41.5. The molecule has 0 radical (unpaired) electrons. The Kier molecular flexibility index (Phi) is 7.05. The molecule has 2 N–H and O–H groups in total. The standard InChI is InChI=1S/C25H28F3N7O3/c1-24(2)15-11-35(22(37)17(12-34(3)4)32-23(38)25(26,27)28)20(18(15)24)21(36)31-16(9-29)19-14-8-6-5-7-13(14)10-30-33-19/h5-8,10,15-18,20H,11-12H2,1-4H3,(H,31,36)(H,32,38)/t15-,16?,17-,18-,20-/m0/s1. The lowest BCUT2D eigenvalue weighted by Crippen LogP contribution is -2.59. The summed E-state index contributed by atoms with van der Waals surface area (Å²) in [7, 11) is 3.11. The zero-order valence-corrected chi connectivity index (χ0v) is 21.3. The third-order valence-electron chi connectivity index (χ3n) is 7.46. The SMILES string of the molecule is CN(C)C[C@H](NC(=O)C(F)(F)F)C(=O)N1C[C@H]2[C@@H]([C@H]1C(=O)NC(C#N)c1nncc3ccccc13)C2(C)C. The second-order valence-corrected chi connectivity index (χ2v) is 10.6. The Morgan fingerprint density at radius 1 is 1.24 bits per heavy atom. The number of rotatable bonds is 7. The molecule has 2 aromatic rings. The maximum Gasteiger partial charge on any atom is 0.471 e. The number of hydrogen-bond donors (Lipinski definition) is 2. The first-order chi connectivity index (χ1) is 17.8. The average molecular weight is 532 g/mol. The van der Waals surface area contributed by atoms with E-state index >= 15 is 0 Å². The van der Waals surface area contributed by atoms with Gasteiger partial charge in [-0.3, -0.25) is 14.4 Å². The fourth-order valence-electron chi connectivity index (χ4n) is 5.46. The number of carbonyl (C=O) groups is 3. The van der Waals surface area contributed by atoms with Gasteiger partial charge < -0.3 is 20.4 Å². The molecule has 2 heterocycles. The van der Waals surface area contributed by atoms with E-state index in [1.165, 1.54) is 16.0 Å². The minimum absolute atomic E-state index is 0.0570. The van der Waals surface area contributed by atoms with Crippen LogP contribution in [0.5, 0.6) is 0 Å². The van der Waals surface area contributed by atoms with E-state index in [0.717, 1.165) is 5.39 Å². The van der Waals surface area contributed by atoms with Crippen molar-refractivity contribution in [2.24, 2.45) is 17.3 Å². The molecular weight excluding hydrogens is 503 g/mol. The molecule has 2 fully saturated rings. The number of aromatic nitrogens is 2. The molecule has 1 saturated heterocycles. The van der Waals surface area contributed by atoms with E-state index < -0.39 is 42.0 Å². The van der Waals surface area contributed by atoms with Crippen LogP contribution in [0.2, 0.25) is 0 Å². The zero-order valence-electron chi connectivity index (χ0n) is 21.3. The number of halogens is 3. The van der Waals surface area contributed by atoms with Crippen molar-refractivity contribution in [3.63, 3.8) is 0 Å². The molecule has 10 nitrogen and oxygen atoms in total. The second-order valence-electron chi connectivity index (χ2n) is 10.6. The van der Waals surface area contributed by atoms with Gasteiger partial charge in [0.15, 0.2) is 6.04 Å². The van der Waals surface area contributed by atoms with Gasteiger partial charge in [-0.05, 0) is 31.3 Å². The highest BCUT2D eigenvalue weighted by atomic mass is 19.4. The molecular formula is C25H28F3N7O3. The Morgan fingerprint density at radius 3 is 2.55 bits per heavy atom. The summed E-state index contributed by atoms with van der Waals surface area (Å²) in [5.74, 6) is -3.97. The van der Waals surface area contributed by atoms with Crippen LogP contribution in [0.4, 0.5) is 13.2 Å². The predicted octanol–water partition coefficient (Wildman–Crippen LogP) is 1.40. The number of benzene rings is 1. The van der Waals surface area contributed by atoms with E-state index in [0.29, 0.717) is 5.39 Å². The summed E-state index contributed by atoms with van der Waals surface area (Å²) in [5.41, 5.74) is -0.0451. The summed E-state index contributed by atoms with van der Waals surface area (Å²) < 4.78 is 38.9. The van der Waals surface area contributed by atoms with E-state index in [4.69, 9.17) is 0 Å². The smallest absolute Gasteiger partial charge is 0.335 e. The van der Waals surface area contributed by atoms with Crippen molar-refractivity contribution in [3.8, 4) is 6.07 Å². The molecule has 0 bridgehead atoms. The van der Waals surface area contributed by atoms with Gasteiger partial charge in [0.05, 0.1) is 12.3 Å². The molecule has 1 saturated carbocycles. The summed E-state index contributed by atoms with van der Waals surface area (Å²) >= 11 is 0. The molecule has 0 spiro atoms. The Bertz CT molecular complexity index is 1300. The van der Waals surface area contributed by atoms with Gasteiger partial charge in [0.25, 0.3) is 0 Å². The van der Waals surface area contributed by atoms with Crippen molar-refractivity contribution in [3.05, 3.63) is 36.2 Å². The van der Waals surface area contributed by atoms with E-state index in [1.54, 1.807) is 43.7 Å². The van der Waals surface area contributed by atoms with Crippen molar-refractivity contribution < 1.29 is 27.6 Å². The normalized spacial score (nSPS) is 23.3. The average Bonchev–Trinajstić information content (AvgIpc) is 3.17. The van der Waals surface area contributed by atoms with Gasteiger partial charge in [-0.15, -0.1) is 0 Å². The van der Waals surface area contributed by atoms with Gasteiger partial charge in [-0.1, -0.05) is 38.1 Å². The maximum atomic E-state index is 13.6. The highest BCUT2D eigenvalue weighted by molar-refractivity contribution is 5.95. The number of likely N-dealkylation sites (N-methyl/N-ethyl adjacent to an activating group) is 1. The zero-order chi connectivity index (χ0) is 28.0. The fourth-order valence-corrected chi connectivity index (χ4v) is 5.46. The lowest BCUT2D eigenvalue weighted by molar-refractivity contribution is -0.175. The summed E-state index contributed by atoms with van der Waals surface area (Å²) in [6.07, 6.45) is -3.64.